The van der Waals surface area contributed by atoms with E-state index < -0.39 is 5.97 Å². The molecule has 0 saturated heterocycles. The Morgan fingerprint density at radius 3 is 2.69 bits per heavy atom. The van der Waals surface area contributed by atoms with E-state index in [1.165, 1.54) is 29.0 Å². The molecule has 0 fully saturated rings. The number of benzene rings is 2. The van der Waals surface area contributed by atoms with E-state index in [1.807, 2.05) is 41.3 Å². The second-order valence-corrected chi connectivity index (χ2v) is 13.2. The highest BCUT2D eigenvalue weighted by atomic mass is 32.1. The fourth-order valence-electron chi connectivity index (χ4n) is 5.69. The van der Waals surface area contributed by atoms with E-state index in [0.29, 0.717) is 71.1 Å². The molecule has 49 heavy (non-hydrogen) atoms. The third-order valence-corrected chi connectivity index (χ3v) is 10.2. The van der Waals surface area contributed by atoms with Gasteiger partial charge in [0, 0.05) is 29.7 Å². The second-order valence-electron chi connectivity index (χ2n) is 11.1. The maximum absolute atomic E-state index is 13.4. The molecule has 1 amide bonds. The van der Waals surface area contributed by atoms with E-state index in [-0.39, 0.29) is 11.6 Å². The van der Waals surface area contributed by atoms with Crippen LogP contribution in [0.3, 0.4) is 0 Å². The fraction of sp³-hybridized carbons (Fsp3) is 0.171. The number of carbonyl (C=O) groups excluding carboxylic acids is 1. The summed E-state index contributed by atoms with van der Waals surface area (Å²) in [5.74, 6) is -0.629. The number of hydrogen-bond acceptors (Lipinski definition) is 11. The van der Waals surface area contributed by atoms with Gasteiger partial charge in [-0.25, -0.2) is 29.4 Å². The normalized spacial score (nSPS) is 12.4. The molecule has 0 spiro atoms. The van der Waals surface area contributed by atoms with Crippen LogP contribution in [-0.4, -0.2) is 59.9 Å². The summed E-state index contributed by atoms with van der Waals surface area (Å²) < 4.78 is 7.71. The van der Waals surface area contributed by atoms with E-state index >= 15 is 0 Å². The molecule has 12 nitrogen and oxygen atoms in total. The van der Waals surface area contributed by atoms with Crippen LogP contribution in [0.15, 0.2) is 74.3 Å². The van der Waals surface area contributed by atoms with Gasteiger partial charge in [0.15, 0.2) is 21.6 Å². The Labute approximate surface area is 289 Å². The molecular weight excluding hydrogens is 661 g/mol. The van der Waals surface area contributed by atoms with Gasteiger partial charge in [-0.1, -0.05) is 36.6 Å². The summed E-state index contributed by atoms with van der Waals surface area (Å²) in [5, 5.41) is 19.2. The summed E-state index contributed by atoms with van der Waals surface area (Å²) in [6.07, 6.45) is 10.1. The number of ether oxygens (including phenoxy) is 1. The minimum Gasteiger partial charge on any atom is -0.494 e. The molecule has 0 saturated carbocycles. The van der Waals surface area contributed by atoms with Crippen LogP contribution in [-0.2, 0) is 19.4 Å². The lowest BCUT2D eigenvalue weighted by molar-refractivity contribution is 0.0690. The van der Waals surface area contributed by atoms with Gasteiger partial charge in [-0.2, -0.15) is 5.10 Å². The summed E-state index contributed by atoms with van der Waals surface area (Å²) in [6, 6.07) is 13.3. The van der Waals surface area contributed by atoms with Crippen molar-refractivity contribution in [2.24, 2.45) is 0 Å². The van der Waals surface area contributed by atoms with E-state index in [4.69, 9.17) is 4.74 Å². The molecule has 1 aliphatic heterocycles. The standard InChI is InChI=1S/C35H30N8O4S2/c1-3-27-28(4-2)48-34(39-27)41-32(44)25-8-5-7-21-14-15-42(19-26(21)25)35-40-30(33(45)46)29(49-35)9-6-16-47-24-12-10-23(11-13-24)43-31-22(18-38-43)17-36-20-37-31/h3-5,7-8,10-13,17-18,20H,1-2,6,9,14-16,19H2,(H,45,46)(H,39,41,44). The number of hydrogen-bond donors (Lipinski definition) is 2. The minimum absolute atomic E-state index is 0.0521. The SMILES string of the molecule is C=Cc1nc(NC(=O)c2cccc3c2CN(c2nc(C(=O)O)c(CCCOc4ccc(-n5ncc6cncnc65)cc4)s2)CC3)sc1C=C. The van der Waals surface area contributed by atoms with E-state index in [0.717, 1.165) is 32.7 Å². The zero-order valence-electron chi connectivity index (χ0n) is 26.2. The van der Waals surface area contributed by atoms with Crippen LogP contribution in [0.1, 0.15) is 53.8 Å². The number of carboxylic acids is 1. The maximum Gasteiger partial charge on any atom is 0.355 e. The molecule has 2 N–H and O–H groups in total. The molecule has 14 heteroatoms. The molecule has 246 valence electrons. The third kappa shape index (κ3) is 6.55. The van der Waals surface area contributed by atoms with Gasteiger partial charge in [0.05, 0.1) is 34.4 Å². The molecule has 0 radical (unpaired) electrons. The fourth-order valence-corrected chi connectivity index (χ4v) is 7.63. The predicted molar refractivity (Wildman–Crippen MR) is 191 cm³/mol. The largest absolute Gasteiger partial charge is 0.494 e. The smallest absolute Gasteiger partial charge is 0.355 e. The zero-order valence-corrected chi connectivity index (χ0v) is 27.8. The first-order valence-corrected chi connectivity index (χ1v) is 17.1. The molecule has 0 bridgehead atoms. The number of carboxylic acid groups (broad SMARTS) is 1. The summed E-state index contributed by atoms with van der Waals surface area (Å²) >= 11 is 2.71. The Morgan fingerprint density at radius 1 is 1.06 bits per heavy atom. The highest BCUT2D eigenvalue weighted by Crippen LogP contribution is 2.33. The van der Waals surface area contributed by atoms with Gasteiger partial charge >= 0.3 is 5.97 Å². The number of fused-ring (bicyclic) bond motifs is 2. The number of nitrogens with zero attached hydrogens (tertiary/aromatic N) is 7. The van der Waals surface area contributed by atoms with E-state index in [1.54, 1.807) is 35.3 Å². The molecule has 7 rings (SSSR count). The molecule has 1 aliphatic rings. The number of aryl methyl sites for hydroxylation is 1. The van der Waals surface area contributed by atoms with Crippen molar-refractivity contribution in [3.05, 3.63) is 112 Å². The Morgan fingerprint density at radius 2 is 1.92 bits per heavy atom. The van der Waals surface area contributed by atoms with Crippen molar-refractivity contribution in [3.63, 3.8) is 0 Å². The van der Waals surface area contributed by atoms with Crippen molar-refractivity contribution in [1.82, 2.24) is 29.7 Å². The van der Waals surface area contributed by atoms with Gasteiger partial charge in [-0.05, 0) is 72.9 Å². The van der Waals surface area contributed by atoms with Crippen molar-refractivity contribution in [2.45, 2.75) is 25.8 Å². The second kappa shape index (κ2) is 13.8. The molecule has 2 aromatic carbocycles. The first-order chi connectivity index (χ1) is 23.9. The number of aromatic carboxylic acids is 1. The van der Waals surface area contributed by atoms with Gasteiger partial charge < -0.3 is 14.7 Å². The van der Waals surface area contributed by atoms with Crippen LogP contribution >= 0.6 is 22.7 Å². The average molecular weight is 691 g/mol. The van der Waals surface area contributed by atoms with Crippen molar-refractivity contribution in [3.8, 4) is 11.4 Å². The van der Waals surface area contributed by atoms with Crippen molar-refractivity contribution in [1.29, 1.82) is 0 Å². The Hall–Kier alpha value is -5.73. The number of nitrogens with one attached hydrogen (secondary N) is 1. The lowest BCUT2D eigenvalue weighted by Gasteiger charge is -2.29. The van der Waals surface area contributed by atoms with Crippen LogP contribution in [0.25, 0.3) is 28.9 Å². The van der Waals surface area contributed by atoms with Gasteiger partial charge in [0.25, 0.3) is 5.91 Å². The van der Waals surface area contributed by atoms with Crippen LogP contribution in [0.5, 0.6) is 5.75 Å². The first-order valence-electron chi connectivity index (χ1n) is 15.4. The van der Waals surface area contributed by atoms with Crippen LogP contribution in [0.2, 0.25) is 0 Å². The van der Waals surface area contributed by atoms with Crippen LogP contribution < -0.4 is 15.0 Å². The highest BCUT2D eigenvalue weighted by molar-refractivity contribution is 7.17. The maximum atomic E-state index is 13.4. The van der Waals surface area contributed by atoms with Crippen molar-refractivity contribution < 1.29 is 19.4 Å². The number of amides is 1. The topological polar surface area (TPSA) is 148 Å². The lowest BCUT2D eigenvalue weighted by atomic mass is 9.94. The van der Waals surface area contributed by atoms with Crippen LogP contribution in [0, 0.1) is 0 Å². The molecule has 0 atom stereocenters. The molecule has 4 aromatic heterocycles. The van der Waals surface area contributed by atoms with Gasteiger partial charge in [0.2, 0.25) is 0 Å². The summed E-state index contributed by atoms with van der Waals surface area (Å²) in [6.45, 7) is 9.07. The average Bonchev–Trinajstić information content (AvgIpc) is 3.87. The predicted octanol–water partition coefficient (Wildman–Crippen LogP) is 6.54. The summed E-state index contributed by atoms with van der Waals surface area (Å²) in [4.78, 5) is 46.5. The number of thiazole rings is 2. The summed E-state index contributed by atoms with van der Waals surface area (Å²) in [7, 11) is 0. The monoisotopic (exact) mass is 690 g/mol. The molecular formula is C35H30N8O4S2. The quantitative estimate of drug-likeness (QED) is 0.136. The van der Waals surface area contributed by atoms with Crippen molar-refractivity contribution in [2.75, 3.05) is 23.4 Å². The third-order valence-electron chi connectivity index (χ3n) is 8.09. The van der Waals surface area contributed by atoms with Gasteiger partial charge in [-0.3, -0.25) is 10.1 Å². The Bertz CT molecular complexity index is 2180. The van der Waals surface area contributed by atoms with Gasteiger partial charge in [0.1, 0.15) is 12.1 Å². The van der Waals surface area contributed by atoms with E-state index in [9.17, 15) is 14.7 Å². The van der Waals surface area contributed by atoms with Gasteiger partial charge in [-0.15, -0.1) is 11.3 Å². The first kappa shape index (κ1) is 31.8. The number of aromatic nitrogens is 6. The molecule has 6 aromatic rings. The lowest BCUT2D eigenvalue weighted by Crippen LogP contribution is -2.32. The van der Waals surface area contributed by atoms with E-state index in [2.05, 4.69) is 43.5 Å². The number of anilines is 2. The molecule has 0 aliphatic carbocycles. The molecule has 5 heterocycles. The molecule has 0 unspecified atom stereocenters. The summed E-state index contributed by atoms with van der Waals surface area (Å²) in [5.41, 5.74) is 4.80. The highest BCUT2D eigenvalue weighted by Gasteiger charge is 2.27. The Balaban J connectivity index is 0.998. The minimum atomic E-state index is -1.07. The number of carbonyl (C=O) groups is 2. The van der Waals surface area contributed by atoms with Crippen LogP contribution in [0.4, 0.5) is 10.3 Å². The van der Waals surface area contributed by atoms with Crippen molar-refractivity contribution >= 4 is 68.0 Å². The Kier molecular flexibility index (Phi) is 8.96. The zero-order chi connectivity index (χ0) is 33.9. The number of rotatable bonds is 12.